The van der Waals surface area contributed by atoms with Crippen molar-refractivity contribution in [1.82, 2.24) is 4.90 Å². The zero-order valence-corrected chi connectivity index (χ0v) is 18.3. The molecule has 0 fully saturated rings. The van der Waals surface area contributed by atoms with Crippen molar-refractivity contribution in [3.05, 3.63) is 68.7 Å². The highest BCUT2D eigenvalue weighted by Gasteiger charge is 2.51. The van der Waals surface area contributed by atoms with Gasteiger partial charge in [0.1, 0.15) is 4.91 Å². The lowest BCUT2D eigenvalue weighted by molar-refractivity contribution is -0.131. The minimum Gasteiger partial charge on any atom is -0.477 e. The molecule has 8 heteroatoms. The molecule has 29 heavy (non-hydrogen) atoms. The van der Waals surface area contributed by atoms with E-state index < -0.39 is 5.97 Å². The molecule has 152 valence electrons. The van der Waals surface area contributed by atoms with Crippen LogP contribution in [0.15, 0.2) is 63.1 Å². The van der Waals surface area contributed by atoms with E-state index in [2.05, 4.69) is 13.0 Å². The van der Waals surface area contributed by atoms with Gasteiger partial charge in [-0.3, -0.25) is 4.99 Å². The summed E-state index contributed by atoms with van der Waals surface area (Å²) in [5.41, 5.74) is 1.39. The summed E-state index contributed by atoms with van der Waals surface area (Å²) in [5, 5.41) is 11.7. The maximum atomic E-state index is 11.8. The number of methoxy groups -OCH3 is 1. The summed E-state index contributed by atoms with van der Waals surface area (Å²) in [6, 6.07) is 7.36. The van der Waals surface area contributed by atoms with E-state index in [9.17, 15) is 9.90 Å². The minimum absolute atomic E-state index is 0.120. The zero-order valence-electron chi connectivity index (χ0n) is 15.9. The second kappa shape index (κ2) is 7.84. The number of nitrogens with zero attached hydrogens (tertiary/aromatic N) is 2. The van der Waals surface area contributed by atoms with E-state index in [1.807, 2.05) is 41.3 Å². The van der Waals surface area contributed by atoms with Crippen LogP contribution in [-0.2, 0) is 9.53 Å². The summed E-state index contributed by atoms with van der Waals surface area (Å²) in [7, 11) is 1.56. The molecule has 3 aliphatic rings. The first-order valence-corrected chi connectivity index (χ1v) is 10.7. The van der Waals surface area contributed by atoms with E-state index in [4.69, 9.17) is 32.9 Å². The molecular weight excluding hydrogens is 431 g/mol. The lowest BCUT2D eigenvalue weighted by Gasteiger charge is -2.38. The number of aliphatic carboxylic acids is 1. The Bertz CT molecular complexity index is 971. The number of hydrogen-bond donors (Lipinski definition) is 1. The first-order chi connectivity index (χ1) is 13.8. The Hall–Kier alpha value is -1.73. The molecule has 0 saturated carbocycles. The highest BCUT2D eigenvalue weighted by molar-refractivity contribution is 8.18. The fourth-order valence-electron chi connectivity index (χ4n) is 4.01. The summed E-state index contributed by atoms with van der Waals surface area (Å²) >= 11 is 13.5. The lowest BCUT2D eigenvalue weighted by Crippen LogP contribution is -2.38. The molecule has 0 aromatic heterocycles. The maximum absolute atomic E-state index is 11.8. The molecule has 5 nitrogen and oxygen atoms in total. The molecule has 1 N–H and O–H groups in total. The van der Waals surface area contributed by atoms with Crippen LogP contribution in [0, 0.1) is 5.41 Å². The van der Waals surface area contributed by atoms with Crippen molar-refractivity contribution in [2.45, 2.75) is 25.4 Å². The number of thioether (sulfide) groups is 1. The molecule has 3 atom stereocenters. The predicted molar refractivity (Wildman–Crippen MR) is 117 cm³/mol. The summed E-state index contributed by atoms with van der Waals surface area (Å²) < 4.78 is 5.34. The normalized spacial score (nSPS) is 28.5. The summed E-state index contributed by atoms with van der Waals surface area (Å²) in [6.45, 7) is 2.36. The van der Waals surface area contributed by atoms with Crippen molar-refractivity contribution < 1.29 is 14.6 Å². The number of fused-ring (bicyclic) bond motifs is 1. The molecule has 4 rings (SSSR count). The van der Waals surface area contributed by atoms with Crippen LogP contribution < -0.4 is 0 Å². The Labute approximate surface area is 183 Å². The summed E-state index contributed by atoms with van der Waals surface area (Å²) in [4.78, 5) is 19.1. The molecule has 3 unspecified atom stereocenters. The third-order valence-electron chi connectivity index (χ3n) is 5.50. The lowest BCUT2D eigenvalue weighted by atomic mass is 9.73. The molecule has 2 aliphatic heterocycles. The number of carboxylic acids is 1. The molecule has 1 aliphatic carbocycles. The number of ether oxygens (including phenoxy) is 1. The summed E-state index contributed by atoms with van der Waals surface area (Å²) in [5.74, 6) is -0.968. The monoisotopic (exact) mass is 450 g/mol. The summed E-state index contributed by atoms with van der Waals surface area (Å²) in [6.07, 6.45) is 6.78. The molecule has 0 radical (unpaired) electrons. The highest BCUT2D eigenvalue weighted by Crippen LogP contribution is 2.52. The van der Waals surface area contributed by atoms with Gasteiger partial charge in [0.2, 0.25) is 0 Å². The van der Waals surface area contributed by atoms with Crippen LogP contribution in [0.5, 0.6) is 0 Å². The second-order valence-electron chi connectivity index (χ2n) is 7.47. The number of aliphatic imine (C=N–C) groups is 1. The fourth-order valence-corrected chi connectivity index (χ4v) is 5.31. The van der Waals surface area contributed by atoms with Crippen molar-refractivity contribution in [2.75, 3.05) is 13.7 Å². The third kappa shape index (κ3) is 3.63. The number of allylic oxidation sites excluding steroid dienone is 3. The van der Waals surface area contributed by atoms with Crippen LogP contribution in [0.25, 0.3) is 0 Å². The van der Waals surface area contributed by atoms with E-state index in [-0.39, 0.29) is 29.0 Å². The molecule has 1 aromatic rings. The number of halogens is 2. The third-order valence-corrected chi connectivity index (χ3v) is 7.13. The highest BCUT2D eigenvalue weighted by atomic mass is 35.5. The predicted octanol–water partition coefficient (Wildman–Crippen LogP) is 5.20. The average Bonchev–Trinajstić information content (AvgIpc) is 3.23. The molecular formula is C21H20Cl2N2O3S. The van der Waals surface area contributed by atoms with Crippen LogP contribution >= 0.6 is 35.0 Å². The topological polar surface area (TPSA) is 62.1 Å². The number of rotatable bonds is 5. The van der Waals surface area contributed by atoms with Gasteiger partial charge in [-0.15, -0.1) is 0 Å². The number of amidine groups is 1. The maximum Gasteiger partial charge on any atom is 0.344 e. The first kappa shape index (κ1) is 20.5. The van der Waals surface area contributed by atoms with Crippen molar-refractivity contribution >= 4 is 46.1 Å². The van der Waals surface area contributed by atoms with Crippen LogP contribution in [-0.4, -0.2) is 40.9 Å². The number of carboxylic acid groups (broad SMARTS) is 1. The van der Waals surface area contributed by atoms with Gasteiger partial charge in [-0.25, -0.2) is 4.79 Å². The van der Waals surface area contributed by atoms with Gasteiger partial charge in [0.25, 0.3) is 0 Å². The van der Waals surface area contributed by atoms with Gasteiger partial charge in [0.05, 0.1) is 24.4 Å². The van der Waals surface area contributed by atoms with E-state index in [1.165, 1.54) is 11.8 Å². The average molecular weight is 451 g/mol. The molecule has 0 amide bonds. The smallest absolute Gasteiger partial charge is 0.344 e. The molecule has 2 heterocycles. The number of hydrogen-bond acceptors (Lipinski definition) is 5. The quantitative estimate of drug-likeness (QED) is 0.667. The van der Waals surface area contributed by atoms with Crippen molar-refractivity contribution in [2.24, 2.45) is 10.4 Å². The fraction of sp³-hybridized carbons (Fsp3) is 0.333. The number of benzene rings is 1. The van der Waals surface area contributed by atoms with Crippen molar-refractivity contribution in [3.63, 3.8) is 0 Å². The van der Waals surface area contributed by atoms with Crippen molar-refractivity contribution in [3.8, 4) is 0 Å². The molecule has 0 spiro atoms. The van der Waals surface area contributed by atoms with Gasteiger partial charge in [-0.05, 0) is 42.0 Å². The number of carbonyl (C=O) groups is 1. The van der Waals surface area contributed by atoms with Crippen LogP contribution in [0.3, 0.4) is 0 Å². The SMILES string of the molecule is COCC1=C(C(=O)O)SC2=NC(C3(C)C=CC(Cl)=CC3)C(c3ccc(Cl)cc3)N21. The first-order valence-electron chi connectivity index (χ1n) is 9.14. The van der Waals surface area contributed by atoms with Crippen LogP contribution in [0.2, 0.25) is 5.02 Å². The van der Waals surface area contributed by atoms with E-state index in [0.717, 1.165) is 17.0 Å². The van der Waals surface area contributed by atoms with E-state index in [1.54, 1.807) is 7.11 Å². The van der Waals surface area contributed by atoms with Gasteiger partial charge >= 0.3 is 5.97 Å². The van der Waals surface area contributed by atoms with Gasteiger partial charge < -0.3 is 14.7 Å². The van der Waals surface area contributed by atoms with E-state index in [0.29, 0.717) is 15.9 Å². The Balaban J connectivity index is 1.81. The van der Waals surface area contributed by atoms with Gasteiger partial charge in [0.15, 0.2) is 5.17 Å². The Kier molecular flexibility index (Phi) is 5.55. The molecule has 1 aromatic carbocycles. The van der Waals surface area contributed by atoms with Gasteiger partial charge in [-0.1, -0.05) is 54.4 Å². The zero-order chi connectivity index (χ0) is 20.8. The largest absolute Gasteiger partial charge is 0.477 e. The van der Waals surface area contributed by atoms with Crippen LogP contribution in [0.1, 0.15) is 24.9 Å². The molecule has 0 bridgehead atoms. The Morgan fingerprint density at radius 3 is 2.69 bits per heavy atom. The van der Waals surface area contributed by atoms with Crippen LogP contribution in [0.4, 0.5) is 0 Å². The van der Waals surface area contributed by atoms with Gasteiger partial charge in [0, 0.05) is 22.6 Å². The van der Waals surface area contributed by atoms with Gasteiger partial charge in [-0.2, -0.15) is 0 Å². The Morgan fingerprint density at radius 2 is 2.10 bits per heavy atom. The Morgan fingerprint density at radius 1 is 1.38 bits per heavy atom. The van der Waals surface area contributed by atoms with Crippen molar-refractivity contribution in [1.29, 1.82) is 0 Å². The van der Waals surface area contributed by atoms with E-state index >= 15 is 0 Å². The minimum atomic E-state index is -0.968. The standard InChI is InChI=1S/C21H20Cl2N2O3S/c1-21(9-7-14(23)8-10-21)18-16(12-3-5-13(22)6-4-12)25-15(11-28-2)17(19(26)27)29-20(25)24-18/h3-9,16,18H,10-11H2,1-2H3,(H,26,27). The molecule has 0 saturated heterocycles. The second-order valence-corrected chi connectivity index (χ2v) is 9.32.